The van der Waals surface area contributed by atoms with Crippen LogP contribution in [0.4, 0.5) is 0 Å². The van der Waals surface area contributed by atoms with E-state index < -0.39 is 0 Å². The second-order valence-electron chi connectivity index (χ2n) is 2.62. The van der Waals surface area contributed by atoms with Crippen molar-refractivity contribution in [3.63, 3.8) is 0 Å². The smallest absolute Gasteiger partial charge is 0.115 e. The van der Waals surface area contributed by atoms with Crippen LogP contribution in [-0.2, 0) is 0 Å². The lowest BCUT2D eigenvalue weighted by atomic mass is 9.99. The minimum atomic E-state index is 0.737. The molecule has 0 atom stereocenters. The van der Waals surface area contributed by atoms with Gasteiger partial charge in [-0.05, 0) is 18.6 Å². The van der Waals surface area contributed by atoms with Crippen LogP contribution in [0.25, 0.3) is 5.52 Å². The second kappa shape index (κ2) is 7.10. The molecule has 2 aromatic heterocycles. The zero-order valence-corrected chi connectivity index (χ0v) is 10.3. The largest absolute Gasteiger partial charge is 0.241 e. The third-order valence-electron chi connectivity index (χ3n) is 1.73. The molecule has 2 rings (SSSR count). The molecule has 80 valence electrons. The van der Waals surface area contributed by atoms with Crippen molar-refractivity contribution in [2.45, 2.75) is 34.6 Å². The maximum atomic E-state index is 5.57. The number of nitrogens with zero attached hydrogens (tertiary/aromatic N) is 2. The number of aryl methyl sites for hydroxylation is 1. The van der Waals surface area contributed by atoms with Gasteiger partial charge in [0.05, 0.1) is 11.7 Å². The molecule has 2 aromatic rings. The first-order chi connectivity index (χ1) is 7.27. The van der Waals surface area contributed by atoms with Gasteiger partial charge >= 0.3 is 0 Å². The van der Waals surface area contributed by atoms with E-state index in [0.717, 1.165) is 11.0 Å². The van der Waals surface area contributed by atoms with E-state index in [4.69, 9.17) is 7.85 Å². The Morgan fingerprint density at radius 1 is 1.13 bits per heavy atom. The average Bonchev–Trinajstić information content (AvgIpc) is 2.65. The molecule has 15 heavy (non-hydrogen) atoms. The Kier molecular flexibility index (Phi) is 6.51. The summed E-state index contributed by atoms with van der Waals surface area (Å²) >= 11 is 0. The molecule has 3 heteroatoms. The van der Waals surface area contributed by atoms with Gasteiger partial charge in [0, 0.05) is 6.20 Å². The second-order valence-corrected chi connectivity index (χ2v) is 2.62. The molecule has 0 amide bonds. The molecule has 2 heterocycles. The lowest BCUT2D eigenvalue weighted by molar-refractivity contribution is 0.967. The van der Waals surface area contributed by atoms with Crippen molar-refractivity contribution in [1.29, 1.82) is 0 Å². The van der Waals surface area contributed by atoms with E-state index in [1.54, 1.807) is 4.52 Å². The van der Waals surface area contributed by atoms with Crippen LogP contribution in [0.15, 0.2) is 24.5 Å². The standard InChI is InChI=1S/C8H7BN2.2C2H6/c1-6-4-10-11-5-7(9)2-3-8(6)11;2*1-2/h2-5H,1H3;2*1-2H3. The fourth-order valence-corrected chi connectivity index (χ4v) is 1.13. The molecule has 0 saturated carbocycles. The Bertz CT molecular complexity index is 393. The van der Waals surface area contributed by atoms with E-state index in [1.165, 1.54) is 5.56 Å². The van der Waals surface area contributed by atoms with E-state index in [1.807, 2.05) is 59.1 Å². The highest BCUT2D eigenvalue weighted by molar-refractivity contribution is 6.32. The minimum absolute atomic E-state index is 0.737. The topological polar surface area (TPSA) is 17.3 Å². The van der Waals surface area contributed by atoms with Gasteiger partial charge in [-0.2, -0.15) is 5.10 Å². The molecule has 0 N–H and O–H groups in total. The quantitative estimate of drug-likeness (QED) is 0.600. The number of fused-ring (bicyclic) bond motifs is 1. The van der Waals surface area contributed by atoms with Gasteiger partial charge in [0.2, 0.25) is 0 Å². The number of hydrogen-bond acceptors (Lipinski definition) is 1. The summed E-state index contributed by atoms with van der Waals surface area (Å²) in [6.07, 6.45) is 3.64. The Hall–Kier alpha value is -1.25. The summed E-state index contributed by atoms with van der Waals surface area (Å²) in [5, 5.41) is 4.12. The highest BCUT2D eigenvalue weighted by atomic mass is 15.2. The van der Waals surface area contributed by atoms with Crippen LogP contribution in [0, 0.1) is 6.92 Å². The summed E-state index contributed by atoms with van der Waals surface area (Å²) in [6.45, 7) is 10.0. The van der Waals surface area contributed by atoms with Gasteiger partial charge in [-0.3, -0.25) is 0 Å². The van der Waals surface area contributed by atoms with Crippen LogP contribution in [0.1, 0.15) is 33.3 Å². The monoisotopic (exact) mass is 202 g/mol. The number of pyridine rings is 1. The summed E-state index contributed by atoms with van der Waals surface area (Å²) in [7, 11) is 5.57. The molecule has 0 fully saturated rings. The molecule has 2 nitrogen and oxygen atoms in total. The minimum Gasteiger partial charge on any atom is -0.241 e. The van der Waals surface area contributed by atoms with Gasteiger partial charge in [-0.1, -0.05) is 39.2 Å². The maximum absolute atomic E-state index is 5.57. The van der Waals surface area contributed by atoms with Crippen LogP contribution in [0.3, 0.4) is 0 Å². The molecule has 0 aliphatic carbocycles. The lowest BCUT2D eigenvalue weighted by Crippen LogP contribution is -2.04. The Morgan fingerprint density at radius 3 is 2.33 bits per heavy atom. The molecular weight excluding hydrogens is 183 g/mol. The fourth-order valence-electron chi connectivity index (χ4n) is 1.13. The molecule has 0 aromatic carbocycles. The Labute approximate surface area is 93.7 Å². The summed E-state index contributed by atoms with van der Waals surface area (Å²) < 4.78 is 1.78. The van der Waals surface area contributed by atoms with E-state index in [2.05, 4.69) is 5.10 Å². The highest BCUT2D eigenvalue weighted by Crippen LogP contribution is 2.05. The molecular formula is C12H19BN2. The van der Waals surface area contributed by atoms with Crippen LogP contribution in [0.5, 0.6) is 0 Å². The molecule has 0 aliphatic heterocycles. The molecule has 0 aliphatic rings. The zero-order valence-electron chi connectivity index (χ0n) is 10.3. The number of hydrogen-bond donors (Lipinski definition) is 0. The van der Waals surface area contributed by atoms with E-state index in [-0.39, 0.29) is 0 Å². The van der Waals surface area contributed by atoms with Gasteiger partial charge in [-0.25, -0.2) is 4.52 Å². The van der Waals surface area contributed by atoms with Gasteiger partial charge < -0.3 is 0 Å². The van der Waals surface area contributed by atoms with Crippen LogP contribution < -0.4 is 5.46 Å². The first-order valence-electron chi connectivity index (χ1n) is 5.47. The molecule has 0 spiro atoms. The summed E-state index contributed by atoms with van der Waals surface area (Å²) in [4.78, 5) is 0. The van der Waals surface area contributed by atoms with Gasteiger partial charge in [-0.15, -0.1) is 0 Å². The third kappa shape index (κ3) is 3.42. The Balaban J connectivity index is 0.000000442. The summed E-state index contributed by atoms with van der Waals surface area (Å²) in [6, 6.07) is 3.85. The third-order valence-corrected chi connectivity index (χ3v) is 1.73. The SMILES string of the molecule is CC.CC.[B]c1ccc2c(C)cnn2c1. The lowest BCUT2D eigenvalue weighted by Gasteiger charge is -1.94. The first kappa shape index (κ1) is 13.8. The number of aromatic nitrogens is 2. The summed E-state index contributed by atoms with van der Waals surface area (Å²) in [5.74, 6) is 0. The predicted molar refractivity (Wildman–Crippen MR) is 68.0 cm³/mol. The normalized spacial score (nSPS) is 8.60. The Morgan fingerprint density at radius 2 is 1.73 bits per heavy atom. The number of rotatable bonds is 0. The maximum Gasteiger partial charge on any atom is 0.115 e. The van der Waals surface area contributed by atoms with Crippen molar-refractivity contribution < 1.29 is 0 Å². The van der Waals surface area contributed by atoms with Crippen LogP contribution >= 0.6 is 0 Å². The molecule has 0 bridgehead atoms. The predicted octanol–water partition coefficient (Wildman–Crippen LogP) is 2.49. The molecule has 0 saturated heterocycles. The van der Waals surface area contributed by atoms with Gasteiger partial charge in [0.25, 0.3) is 0 Å². The van der Waals surface area contributed by atoms with Gasteiger partial charge in [0.1, 0.15) is 7.85 Å². The van der Waals surface area contributed by atoms with Crippen LogP contribution in [0.2, 0.25) is 0 Å². The van der Waals surface area contributed by atoms with Crippen molar-refractivity contribution in [2.24, 2.45) is 0 Å². The average molecular weight is 202 g/mol. The molecule has 0 unspecified atom stereocenters. The van der Waals surface area contributed by atoms with E-state index in [9.17, 15) is 0 Å². The van der Waals surface area contributed by atoms with Crippen LogP contribution in [-0.4, -0.2) is 17.5 Å². The first-order valence-corrected chi connectivity index (χ1v) is 5.47. The van der Waals surface area contributed by atoms with Gasteiger partial charge in [0.15, 0.2) is 0 Å². The van der Waals surface area contributed by atoms with Crippen molar-refractivity contribution in [3.8, 4) is 0 Å². The zero-order chi connectivity index (χ0) is 11.8. The van der Waals surface area contributed by atoms with E-state index in [0.29, 0.717) is 0 Å². The van der Waals surface area contributed by atoms with E-state index >= 15 is 0 Å². The van der Waals surface area contributed by atoms with Crippen molar-refractivity contribution in [1.82, 2.24) is 9.61 Å². The van der Waals surface area contributed by atoms with Crippen molar-refractivity contribution in [3.05, 3.63) is 30.1 Å². The van der Waals surface area contributed by atoms with Crippen molar-refractivity contribution >= 4 is 18.8 Å². The fraction of sp³-hybridized carbons (Fsp3) is 0.417. The summed E-state index contributed by atoms with van der Waals surface area (Å²) in [5.41, 5.74) is 3.02. The van der Waals surface area contributed by atoms with Crippen molar-refractivity contribution in [2.75, 3.05) is 0 Å². The molecule has 2 radical (unpaired) electrons. The highest BCUT2D eigenvalue weighted by Gasteiger charge is 1.96.